The van der Waals surface area contributed by atoms with Crippen molar-refractivity contribution >= 4 is 34.3 Å². The minimum absolute atomic E-state index is 0.00820. The summed E-state index contributed by atoms with van der Waals surface area (Å²) in [7, 11) is 2.97. The molecule has 2 aliphatic rings. The van der Waals surface area contributed by atoms with Crippen molar-refractivity contribution < 1.29 is 23.2 Å². The maximum absolute atomic E-state index is 14.4. The summed E-state index contributed by atoms with van der Waals surface area (Å²) in [5, 5.41) is 13.0. The van der Waals surface area contributed by atoms with Gasteiger partial charge in [-0.05, 0) is 67.5 Å². The largest absolute Gasteiger partial charge is 0.350 e. The van der Waals surface area contributed by atoms with Crippen LogP contribution in [-0.4, -0.2) is 58.7 Å². The quantitative estimate of drug-likeness (QED) is 0.331. The van der Waals surface area contributed by atoms with Crippen LogP contribution in [0.1, 0.15) is 61.5 Å². The molecule has 0 saturated heterocycles. The molecule has 1 aliphatic heterocycles. The molecule has 1 aliphatic carbocycles. The van der Waals surface area contributed by atoms with Crippen LogP contribution in [0, 0.1) is 28.9 Å². The standard InChI is InChI=1S/C33H35F2N5O3/c1-19(20-10-6-5-7-11-20)29(40(4)30(41)27-16-22-25(37-27)15-14-24(34)28(22)35)31(42)39(3)21(18-36)17-33(2)23-12-8-9-13-26(23)38-32(33)43/h8-9,12-16,20-21,29,37H,1,5-7,10-11,17H2,2-4H3,(H,38,43)/t21-,29-,33+/m0/s1. The average molecular weight is 588 g/mol. The normalized spacial score (nSPS) is 19.7. The van der Waals surface area contributed by atoms with E-state index >= 15 is 0 Å². The molecule has 1 aromatic heterocycles. The number of nitrogens with zero attached hydrogens (tertiary/aromatic N) is 3. The van der Waals surface area contributed by atoms with E-state index in [9.17, 15) is 28.4 Å². The number of carbonyl (C=O) groups is 3. The number of nitriles is 1. The summed E-state index contributed by atoms with van der Waals surface area (Å²) in [4.78, 5) is 46.5. The Balaban J connectivity index is 1.46. The van der Waals surface area contributed by atoms with Crippen molar-refractivity contribution in [1.29, 1.82) is 5.26 Å². The zero-order chi connectivity index (χ0) is 31.1. The number of carbonyl (C=O) groups excluding carboxylic acids is 3. The van der Waals surface area contributed by atoms with Gasteiger partial charge in [-0.25, -0.2) is 8.78 Å². The molecule has 0 spiro atoms. The van der Waals surface area contributed by atoms with Gasteiger partial charge < -0.3 is 20.1 Å². The monoisotopic (exact) mass is 587 g/mol. The maximum Gasteiger partial charge on any atom is 0.270 e. The number of H-pyrrole nitrogens is 1. The molecule has 5 rings (SSSR count). The number of benzene rings is 2. The minimum Gasteiger partial charge on any atom is -0.350 e. The van der Waals surface area contributed by atoms with Gasteiger partial charge in [0, 0.05) is 30.7 Å². The van der Waals surface area contributed by atoms with Crippen LogP contribution >= 0.6 is 0 Å². The van der Waals surface area contributed by atoms with Gasteiger partial charge in [0.1, 0.15) is 17.8 Å². The van der Waals surface area contributed by atoms with Gasteiger partial charge in [-0.3, -0.25) is 14.4 Å². The Morgan fingerprint density at radius 3 is 2.51 bits per heavy atom. The van der Waals surface area contributed by atoms with Crippen molar-refractivity contribution in [3.63, 3.8) is 0 Å². The summed E-state index contributed by atoms with van der Waals surface area (Å²) in [6.45, 7) is 6.04. The van der Waals surface area contributed by atoms with Gasteiger partial charge in [0.25, 0.3) is 5.91 Å². The molecule has 2 heterocycles. The number of hydrogen-bond acceptors (Lipinski definition) is 4. The number of halogens is 2. The second kappa shape index (κ2) is 11.6. The van der Waals surface area contributed by atoms with Gasteiger partial charge in [-0.15, -0.1) is 0 Å². The topological polar surface area (TPSA) is 109 Å². The van der Waals surface area contributed by atoms with Gasteiger partial charge in [0.15, 0.2) is 11.6 Å². The lowest BCUT2D eigenvalue weighted by molar-refractivity contribution is -0.135. The molecular weight excluding hydrogens is 552 g/mol. The van der Waals surface area contributed by atoms with Gasteiger partial charge in [-0.1, -0.05) is 44.0 Å². The van der Waals surface area contributed by atoms with Crippen LogP contribution in [0.5, 0.6) is 0 Å². The van der Waals surface area contributed by atoms with E-state index in [1.807, 2.05) is 18.2 Å². The van der Waals surface area contributed by atoms with E-state index < -0.39 is 40.9 Å². The average Bonchev–Trinajstić information content (AvgIpc) is 3.56. The minimum atomic E-state index is -1.12. The van der Waals surface area contributed by atoms with Crippen molar-refractivity contribution in [3.8, 4) is 6.07 Å². The smallest absolute Gasteiger partial charge is 0.270 e. The molecule has 0 unspecified atom stereocenters. The second-order valence-electron chi connectivity index (χ2n) is 11.9. The Morgan fingerprint density at radius 1 is 1.12 bits per heavy atom. The third-order valence-electron chi connectivity index (χ3n) is 9.18. The van der Waals surface area contributed by atoms with Crippen molar-refractivity contribution in [1.82, 2.24) is 14.8 Å². The zero-order valence-corrected chi connectivity index (χ0v) is 24.5. The van der Waals surface area contributed by atoms with Crippen molar-refractivity contribution in [2.45, 2.75) is 62.9 Å². The predicted octanol–water partition coefficient (Wildman–Crippen LogP) is 5.67. The molecule has 1 saturated carbocycles. The van der Waals surface area contributed by atoms with E-state index in [-0.39, 0.29) is 34.8 Å². The number of amides is 3. The lowest BCUT2D eigenvalue weighted by Crippen LogP contribution is -2.53. The molecule has 224 valence electrons. The van der Waals surface area contributed by atoms with Gasteiger partial charge in [0.2, 0.25) is 11.8 Å². The Morgan fingerprint density at radius 2 is 1.81 bits per heavy atom. The number of aromatic amines is 1. The summed E-state index contributed by atoms with van der Waals surface area (Å²) < 4.78 is 28.3. The van der Waals surface area contributed by atoms with Gasteiger partial charge in [0.05, 0.1) is 11.5 Å². The summed E-state index contributed by atoms with van der Waals surface area (Å²) in [5.74, 6) is -3.49. The molecule has 0 radical (unpaired) electrons. The van der Waals surface area contributed by atoms with E-state index in [1.54, 1.807) is 13.0 Å². The third-order valence-corrected chi connectivity index (χ3v) is 9.18. The van der Waals surface area contributed by atoms with E-state index in [0.29, 0.717) is 11.3 Å². The number of anilines is 1. The van der Waals surface area contributed by atoms with Gasteiger partial charge in [-0.2, -0.15) is 5.26 Å². The van der Waals surface area contributed by atoms with Crippen LogP contribution in [0.15, 0.2) is 54.6 Å². The van der Waals surface area contributed by atoms with Crippen molar-refractivity contribution in [2.75, 3.05) is 19.4 Å². The zero-order valence-electron chi connectivity index (χ0n) is 24.5. The molecule has 3 aromatic rings. The molecule has 2 N–H and O–H groups in total. The van der Waals surface area contributed by atoms with E-state index in [4.69, 9.17) is 0 Å². The van der Waals surface area contributed by atoms with Crippen LogP contribution in [0.3, 0.4) is 0 Å². The number of nitrogens with one attached hydrogen (secondary N) is 2. The number of aromatic nitrogens is 1. The molecule has 2 aromatic carbocycles. The number of para-hydroxylation sites is 1. The Bertz CT molecular complexity index is 1650. The van der Waals surface area contributed by atoms with Crippen LogP contribution < -0.4 is 5.32 Å². The Labute approximate surface area is 249 Å². The fraction of sp³-hybridized carbons (Fsp3) is 0.394. The molecule has 0 bridgehead atoms. The Kier molecular flexibility index (Phi) is 8.10. The first-order chi connectivity index (χ1) is 20.5. The van der Waals surface area contributed by atoms with E-state index in [1.165, 1.54) is 36.0 Å². The molecule has 10 heteroatoms. The van der Waals surface area contributed by atoms with Crippen LogP contribution in [-0.2, 0) is 15.0 Å². The summed E-state index contributed by atoms with van der Waals surface area (Å²) in [6.07, 6.45) is 4.70. The first-order valence-corrected chi connectivity index (χ1v) is 14.5. The van der Waals surface area contributed by atoms with Crippen LogP contribution in [0.4, 0.5) is 14.5 Å². The summed E-state index contributed by atoms with van der Waals surface area (Å²) in [5.41, 5.74) is 1.17. The molecule has 3 amide bonds. The van der Waals surface area contributed by atoms with Crippen LogP contribution in [0.2, 0.25) is 0 Å². The Hall–Kier alpha value is -4.52. The number of hydrogen-bond donors (Lipinski definition) is 2. The number of rotatable bonds is 8. The third kappa shape index (κ3) is 5.29. The molecule has 43 heavy (non-hydrogen) atoms. The SMILES string of the molecule is C=C(C1CCCCC1)[C@@H](C(=O)N(C)[C@H](C#N)C[C@@]1(C)C(=O)Nc2ccccc21)N(C)C(=O)c1cc2c(F)c(F)ccc2[nH]1. The number of fused-ring (bicyclic) bond motifs is 2. The molecule has 1 fully saturated rings. The van der Waals surface area contributed by atoms with E-state index in [0.717, 1.165) is 43.7 Å². The maximum atomic E-state index is 14.4. The molecule has 3 atom stereocenters. The first kappa shape index (κ1) is 30.0. The molecule has 8 nitrogen and oxygen atoms in total. The fourth-order valence-corrected chi connectivity index (χ4v) is 6.49. The van der Waals surface area contributed by atoms with Crippen molar-refractivity contribution in [3.05, 3.63) is 77.5 Å². The van der Waals surface area contributed by atoms with Crippen molar-refractivity contribution in [2.24, 2.45) is 5.92 Å². The second-order valence-corrected chi connectivity index (χ2v) is 11.9. The fourth-order valence-electron chi connectivity index (χ4n) is 6.49. The highest BCUT2D eigenvalue weighted by molar-refractivity contribution is 6.06. The highest BCUT2D eigenvalue weighted by Gasteiger charge is 2.46. The highest BCUT2D eigenvalue weighted by atomic mass is 19.2. The van der Waals surface area contributed by atoms with Gasteiger partial charge >= 0.3 is 0 Å². The first-order valence-electron chi connectivity index (χ1n) is 14.5. The predicted molar refractivity (Wildman–Crippen MR) is 159 cm³/mol. The summed E-state index contributed by atoms with van der Waals surface area (Å²) in [6, 6.07) is 10.9. The lowest BCUT2D eigenvalue weighted by atomic mass is 9.77. The highest BCUT2D eigenvalue weighted by Crippen LogP contribution is 2.41. The van der Waals surface area contributed by atoms with Crippen LogP contribution in [0.25, 0.3) is 10.9 Å². The summed E-state index contributed by atoms with van der Waals surface area (Å²) >= 11 is 0. The molecular formula is C33H35F2N5O3. The van der Waals surface area contributed by atoms with E-state index in [2.05, 4.69) is 22.9 Å². The lowest BCUT2D eigenvalue weighted by Gasteiger charge is -2.38. The number of likely N-dealkylation sites (N-methyl/N-ethyl adjacent to an activating group) is 2.